The van der Waals surface area contributed by atoms with Gasteiger partial charge in [-0.15, -0.1) is 0 Å². The van der Waals surface area contributed by atoms with E-state index < -0.39 is 5.79 Å². The molecule has 0 saturated carbocycles. The van der Waals surface area contributed by atoms with Gasteiger partial charge in [0, 0.05) is 18.8 Å². The first-order chi connectivity index (χ1) is 8.59. The molecule has 1 unspecified atom stereocenters. The number of nitrogens with one attached hydrogen (secondary N) is 1. The Kier molecular flexibility index (Phi) is 4.22. The number of aliphatic hydroxyl groups excluding tert-OH is 1. The number of hydrogen-bond donors (Lipinski definition) is 2. The van der Waals surface area contributed by atoms with E-state index in [0.717, 1.165) is 17.8 Å². The maximum absolute atomic E-state index is 8.84. The molecule has 4 heteroatoms. The van der Waals surface area contributed by atoms with Gasteiger partial charge in [-0.3, -0.25) is 0 Å². The van der Waals surface area contributed by atoms with Crippen LogP contribution in [0.2, 0.25) is 0 Å². The molecule has 0 spiro atoms. The van der Waals surface area contributed by atoms with Gasteiger partial charge in [0.05, 0.1) is 6.61 Å². The predicted octanol–water partition coefficient (Wildman–Crippen LogP) is 1.78. The molecule has 0 radical (unpaired) electrons. The Morgan fingerprint density at radius 3 is 2.61 bits per heavy atom. The van der Waals surface area contributed by atoms with Gasteiger partial charge in [-0.25, -0.2) is 0 Å². The highest BCUT2D eigenvalue weighted by Gasteiger charge is 2.32. The molecule has 2 rings (SSSR count). The van der Waals surface area contributed by atoms with Crippen molar-refractivity contribution in [2.45, 2.75) is 32.2 Å². The summed E-state index contributed by atoms with van der Waals surface area (Å²) < 4.78 is 11.2. The molecule has 18 heavy (non-hydrogen) atoms. The number of benzene rings is 1. The van der Waals surface area contributed by atoms with Gasteiger partial charge in [0.1, 0.15) is 6.10 Å². The molecule has 0 amide bonds. The van der Waals surface area contributed by atoms with Crippen molar-refractivity contribution in [2.24, 2.45) is 0 Å². The summed E-state index contributed by atoms with van der Waals surface area (Å²) in [7, 11) is 0. The fourth-order valence-electron chi connectivity index (χ4n) is 2.01. The van der Waals surface area contributed by atoms with Crippen molar-refractivity contribution in [1.82, 2.24) is 0 Å². The minimum atomic E-state index is -0.461. The zero-order valence-corrected chi connectivity index (χ0v) is 11.0. The summed E-state index contributed by atoms with van der Waals surface area (Å²) >= 11 is 0. The molecule has 0 aromatic heterocycles. The Hall–Kier alpha value is -1.10. The lowest BCUT2D eigenvalue weighted by Gasteiger charge is -2.17. The minimum Gasteiger partial charge on any atom is -0.396 e. The van der Waals surface area contributed by atoms with Crippen molar-refractivity contribution in [1.29, 1.82) is 0 Å². The molecule has 2 N–H and O–H groups in total. The van der Waals surface area contributed by atoms with Crippen LogP contribution in [0.4, 0.5) is 5.69 Å². The topological polar surface area (TPSA) is 50.7 Å². The summed E-state index contributed by atoms with van der Waals surface area (Å²) in [4.78, 5) is 0. The van der Waals surface area contributed by atoms with Crippen LogP contribution < -0.4 is 5.32 Å². The summed E-state index contributed by atoms with van der Waals surface area (Å²) in [5, 5.41) is 12.2. The molecular formula is C14H21NO3. The average molecular weight is 251 g/mol. The molecule has 1 atom stereocenters. The Morgan fingerprint density at radius 1 is 1.33 bits per heavy atom. The molecule has 1 saturated heterocycles. The van der Waals surface area contributed by atoms with Crippen LogP contribution >= 0.6 is 0 Å². The van der Waals surface area contributed by atoms with E-state index in [2.05, 4.69) is 5.32 Å². The van der Waals surface area contributed by atoms with E-state index in [4.69, 9.17) is 14.6 Å². The SMILES string of the molecule is CC1(C)OCC(CNc2ccc(CCO)cc2)O1. The number of anilines is 1. The average Bonchev–Trinajstić information content (AvgIpc) is 2.69. The lowest BCUT2D eigenvalue weighted by molar-refractivity contribution is -0.136. The second-order valence-corrected chi connectivity index (χ2v) is 5.00. The number of hydrogen-bond acceptors (Lipinski definition) is 4. The molecule has 100 valence electrons. The molecule has 1 aromatic carbocycles. The van der Waals surface area contributed by atoms with Gasteiger partial charge >= 0.3 is 0 Å². The van der Waals surface area contributed by atoms with Crippen LogP contribution in [0, 0.1) is 0 Å². The normalized spacial score (nSPS) is 22.1. The van der Waals surface area contributed by atoms with E-state index >= 15 is 0 Å². The summed E-state index contributed by atoms with van der Waals surface area (Å²) in [6, 6.07) is 8.08. The third-order valence-corrected chi connectivity index (χ3v) is 2.96. The largest absolute Gasteiger partial charge is 0.396 e. The van der Waals surface area contributed by atoms with Crippen LogP contribution in [0.1, 0.15) is 19.4 Å². The van der Waals surface area contributed by atoms with Crippen LogP contribution in [0.25, 0.3) is 0 Å². The Labute approximate surface area is 108 Å². The standard InChI is InChI=1S/C14H21NO3/c1-14(2)17-10-13(18-14)9-15-12-5-3-11(4-6-12)7-8-16/h3-6,13,15-16H,7-10H2,1-2H3. The van der Waals surface area contributed by atoms with Gasteiger partial charge in [-0.05, 0) is 38.0 Å². The van der Waals surface area contributed by atoms with Crippen LogP contribution in [0.3, 0.4) is 0 Å². The first-order valence-electron chi connectivity index (χ1n) is 6.34. The third-order valence-electron chi connectivity index (χ3n) is 2.96. The second-order valence-electron chi connectivity index (χ2n) is 5.00. The van der Waals surface area contributed by atoms with Crippen molar-refractivity contribution < 1.29 is 14.6 Å². The molecule has 1 aromatic rings. The Balaban J connectivity index is 1.80. The third kappa shape index (κ3) is 3.70. The van der Waals surface area contributed by atoms with E-state index in [1.165, 1.54) is 0 Å². The first kappa shape index (κ1) is 13.3. The van der Waals surface area contributed by atoms with Crippen molar-refractivity contribution >= 4 is 5.69 Å². The summed E-state index contributed by atoms with van der Waals surface area (Å²) in [6.45, 7) is 5.41. The van der Waals surface area contributed by atoms with Gasteiger partial charge in [0.25, 0.3) is 0 Å². The molecule has 0 aliphatic carbocycles. The minimum absolute atomic E-state index is 0.0946. The zero-order chi connectivity index (χ0) is 13.0. The van der Waals surface area contributed by atoms with Gasteiger partial charge < -0.3 is 19.9 Å². The van der Waals surface area contributed by atoms with Crippen molar-refractivity contribution in [3.8, 4) is 0 Å². The number of rotatable bonds is 5. The number of ether oxygens (including phenoxy) is 2. The maximum Gasteiger partial charge on any atom is 0.163 e. The van der Waals surface area contributed by atoms with Crippen LogP contribution in [-0.2, 0) is 15.9 Å². The second kappa shape index (κ2) is 5.69. The molecule has 4 nitrogen and oxygen atoms in total. The molecule has 1 aliphatic heterocycles. The van der Waals surface area contributed by atoms with Crippen LogP contribution in [0.5, 0.6) is 0 Å². The lowest BCUT2D eigenvalue weighted by Crippen LogP contribution is -2.25. The van der Waals surface area contributed by atoms with Crippen LogP contribution in [0.15, 0.2) is 24.3 Å². The van der Waals surface area contributed by atoms with E-state index in [-0.39, 0.29) is 12.7 Å². The van der Waals surface area contributed by atoms with Crippen LogP contribution in [-0.4, -0.2) is 36.8 Å². The smallest absolute Gasteiger partial charge is 0.163 e. The highest BCUT2D eigenvalue weighted by molar-refractivity contribution is 5.44. The summed E-state index contributed by atoms with van der Waals surface area (Å²) in [5.74, 6) is -0.461. The molecular weight excluding hydrogens is 230 g/mol. The highest BCUT2D eigenvalue weighted by atomic mass is 16.7. The van der Waals surface area contributed by atoms with E-state index in [0.29, 0.717) is 13.0 Å². The van der Waals surface area contributed by atoms with Crippen molar-refractivity contribution in [3.05, 3.63) is 29.8 Å². The quantitative estimate of drug-likeness (QED) is 0.837. The first-order valence-corrected chi connectivity index (χ1v) is 6.34. The van der Waals surface area contributed by atoms with Gasteiger partial charge in [-0.1, -0.05) is 12.1 Å². The van der Waals surface area contributed by atoms with Gasteiger partial charge in [-0.2, -0.15) is 0 Å². The Bertz CT molecular complexity index is 375. The fraction of sp³-hybridized carbons (Fsp3) is 0.571. The molecule has 1 heterocycles. The van der Waals surface area contributed by atoms with Crippen molar-refractivity contribution in [3.63, 3.8) is 0 Å². The van der Waals surface area contributed by atoms with E-state index in [9.17, 15) is 0 Å². The maximum atomic E-state index is 8.84. The van der Waals surface area contributed by atoms with Gasteiger partial charge in [0.15, 0.2) is 5.79 Å². The molecule has 0 bridgehead atoms. The molecule has 1 aliphatic rings. The van der Waals surface area contributed by atoms with E-state index in [1.807, 2.05) is 38.1 Å². The summed E-state index contributed by atoms with van der Waals surface area (Å²) in [6.07, 6.45) is 0.797. The van der Waals surface area contributed by atoms with E-state index in [1.54, 1.807) is 0 Å². The molecule has 1 fully saturated rings. The predicted molar refractivity (Wildman–Crippen MR) is 70.6 cm³/mol. The lowest BCUT2D eigenvalue weighted by atomic mass is 10.1. The Morgan fingerprint density at radius 2 is 2.06 bits per heavy atom. The fourth-order valence-corrected chi connectivity index (χ4v) is 2.01. The van der Waals surface area contributed by atoms with Gasteiger partial charge in [0.2, 0.25) is 0 Å². The van der Waals surface area contributed by atoms with Crippen molar-refractivity contribution in [2.75, 3.05) is 25.1 Å². The monoisotopic (exact) mass is 251 g/mol. The zero-order valence-electron chi connectivity index (χ0n) is 11.0. The highest BCUT2D eigenvalue weighted by Crippen LogP contribution is 2.22. The number of aliphatic hydroxyl groups is 1. The summed E-state index contributed by atoms with van der Waals surface area (Å²) in [5.41, 5.74) is 2.20.